The number of benzene rings is 1. The first-order valence-corrected chi connectivity index (χ1v) is 11.0. The van der Waals surface area contributed by atoms with Gasteiger partial charge in [0.2, 0.25) is 5.62 Å². The van der Waals surface area contributed by atoms with Crippen LogP contribution < -0.4 is 5.62 Å². The molecule has 1 amide bonds. The highest BCUT2D eigenvalue weighted by Crippen LogP contribution is 2.30. The third-order valence-corrected chi connectivity index (χ3v) is 6.04. The van der Waals surface area contributed by atoms with Gasteiger partial charge in [-0.25, -0.2) is 0 Å². The molecular formula is C24H26N6O3. The number of nitrogens with one attached hydrogen (secondary N) is 1. The predicted molar refractivity (Wildman–Crippen MR) is 122 cm³/mol. The number of pyridine rings is 1. The smallest absolute Gasteiger partial charge is 0.280 e. The largest absolute Gasteiger partial charge is 0.393 e. The summed E-state index contributed by atoms with van der Waals surface area (Å²) in [5.41, 5.74) is 4.71. The highest BCUT2D eigenvalue weighted by atomic mass is 16.3. The number of H-pyrrole nitrogens is 1. The zero-order valence-corrected chi connectivity index (χ0v) is 18.5. The van der Waals surface area contributed by atoms with Crippen LogP contribution in [0.2, 0.25) is 0 Å². The van der Waals surface area contributed by atoms with Crippen molar-refractivity contribution in [1.82, 2.24) is 24.3 Å². The Morgan fingerprint density at radius 2 is 1.91 bits per heavy atom. The maximum absolute atomic E-state index is 13.2. The number of nitrogens with zero attached hydrogens (tertiary/aromatic N) is 5. The Morgan fingerprint density at radius 1 is 1.15 bits per heavy atom. The third-order valence-electron chi connectivity index (χ3n) is 6.04. The number of carbonyl (C=O) groups is 1. The second-order valence-corrected chi connectivity index (χ2v) is 8.71. The average molecular weight is 447 g/mol. The molecule has 9 heteroatoms. The molecule has 0 aliphatic heterocycles. The van der Waals surface area contributed by atoms with Gasteiger partial charge in [-0.3, -0.25) is 14.5 Å². The van der Waals surface area contributed by atoms with Gasteiger partial charge in [0.25, 0.3) is 5.91 Å². The summed E-state index contributed by atoms with van der Waals surface area (Å²) in [6.45, 7) is 1.84. The molecule has 0 bridgehead atoms. The molecule has 3 N–H and O–H groups in total. The Morgan fingerprint density at radius 3 is 2.64 bits per heavy atom. The molecule has 33 heavy (non-hydrogen) atoms. The first kappa shape index (κ1) is 21.3. The molecule has 4 aromatic rings. The lowest BCUT2D eigenvalue weighted by atomic mass is 9.90. The number of aromatic nitrogens is 5. The number of aryl methyl sites for hydroxylation is 2. The Labute approximate surface area is 190 Å². The molecular weight excluding hydrogens is 420 g/mol. The van der Waals surface area contributed by atoms with Crippen molar-refractivity contribution in [2.24, 2.45) is 12.0 Å². The van der Waals surface area contributed by atoms with Crippen molar-refractivity contribution in [3.05, 3.63) is 65.7 Å². The summed E-state index contributed by atoms with van der Waals surface area (Å²) in [5, 5.41) is 24.7. The zero-order valence-electron chi connectivity index (χ0n) is 18.5. The van der Waals surface area contributed by atoms with Crippen molar-refractivity contribution in [2.75, 3.05) is 0 Å². The number of para-hydroxylation sites is 2. The monoisotopic (exact) mass is 446 g/mol. The molecule has 1 aromatic carbocycles. The first-order valence-electron chi connectivity index (χ1n) is 11.0. The second kappa shape index (κ2) is 8.42. The average Bonchev–Trinajstić information content (AvgIpc) is 3.35. The standard InChI is InChI=1S/C24H26N6O3/c1-14-7-15(8-21(26-14)16-12-25-29(2)13-16)23(33)28-24-27-20-5-3-4-6-22(20)30(24)17-9-18(31)11-19(32)10-17/h3-8,12-13,17-19,31-32H,9-11H2,1-2H3,(H,27,28,33)/t17-,18-,19+. The number of carbonyl (C=O) groups excluding carboxylic acids is 1. The minimum absolute atomic E-state index is 0.184. The molecule has 0 unspecified atom stereocenters. The number of rotatable bonds is 3. The Kier molecular flexibility index (Phi) is 5.43. The lowest BCUT2D eigenvalue weighted by Gasteiger charge is -2.30. The summed E-state index contributed by atoms with van der Waals surface area (Å²) >= 11 is 0. The summed E-state index contributed by atoms with van der Waals surface area (Å²) in [6.07, 6.45) is 3.68. The molecule has 1 aliphatic carbocycles. The molecule has 9 nitrogen and oxygen atoms in total. The minimum atomic E-state index is -0.603. The fourth-order valence-corrected chi connectivity index (χ4v) is 4.63. The van der Waals surface area contributed by atoms with Crippen LogP contribution in [-0.4, -0.2) is 52.6 Å². The topological polar surface area (TPSA) is 121 Å². The number of aliphatic hydroxyl groups excluding tert-OH is 2. The summed E-state index contributed by atoms with van der Waals surface area (Å²) in [5.74, 6) is -0.400. The van der Waals surface area contributed by atoms with Gasteiger partial charge in [0, 0.05) is 36.1 Å². The summed E-state index contributed by atoms with van der Waals surface area (Å²) in [7, 11) is 1.83. The third kappa shape index (κ3) is 4.24. The van der Waals surface area contributed by atoms with Gasteiger partial charge in [-0.2, -0.15) is 10.1 Å². The van der Waals surface area contributed by atoms with Gasteiger partial charge in [-0.05, 0) is 50.5 Å². The highest BCUT2D eigenvalue weighted by Gasteiger charge is 2.29. The fraction of sp³-hybridized carbons (Fsp3) is 0.333. The van der Waals surface area contributed by atoms with E-state index in [0.717, 1.165) is 16.6 Å². The van der Waals surface area contributed by atoms with E-state index in [0.29, 0.717) is 41.8 Å². The molecule has 3 aromatic heterocycles. The van der Waals surface area contributed by atoms with E-state index < -0.39 is 18.1 Å². The van der Waals surface area contributed by atoms with E-state index in [9.17, 15) is 15.0 Å². The Hall–Kier alpha value is -3.56. The molecule has 3 heterocycles. The Bertz CT molecular complexity index is 1390. The van der Waals surface area contributed by atoms with Crippen LogP contribution in [0.1, 0.15) is 41.4 Å². The molecule has 0 radical (unpaired) electrons. The van der Waals surface area contributed by atoms with E-state index in [1.807, 2.05) is 49.0 Å². The van der Waals surface area contributed by atoms with Crippen LogP contribution in [0.5, 0.6) is 0 Å². The van der Waals surface area contributed by atoms with Crippen LogP contribution >= 0.6 is 0 Å². The number of fused-ring (bicyclic) bond motifs is 1. The van der Waals surface area contributed by atoms with E-state index >= 15 is 0 Å². The van der Waals surface area contributed by atoms with Crippen molar-refractivity contribution in [3.63, 3.8) is 0 Å². The maximum atomic E-state index is 13.2. The van der Waals surface area contributed by atoms with Gasteiger partial charge in [0.1, 0.15) is 0 Å². The van der Waals surface area contributed by atoms with E-state index in [1.54, 1.807) is 23.0 Å². The number of amides is 1. The molecule has 0 spiro atoms. The van der Waals surface area contributed by atoms with Crippen LogP contribution in [0.25, 0.3) is 22.3 Å². The molecule has 3 atom stereocenters. The highest BCUT2D eigenvalue weighted by molar-refractivity contribution is 5.96. The van der Waals surface area contributed by atoms with Crippen LogP contribution in [-0.2, 0) is 7.05 Å². The van der Waals surface area contributed by atoms with Crippen molar-refractivity contribution in [2.45, 2.75) is 44.4 Å². The molecule has 0 saturated heterocycles. The summed E-state index contributed by atoms with van der Waals surface area (Å²) < 4.78 is 3.61. The minimum Gasteiger partial charge on any atom is -0.393 e. The number of hydrogen-bond donors (Lipinski definition) is 3. The van der Waals surface area contributed by atoms with Crippen LogP contribution in [0.4, 0.5) is 0 Å². The van der Waals surface area contributed by atoms with Gasteiger partial charge < -0.3 is 19.8 Å². The first-order chi connectivity index (χ1) is 15.9. The second-order valence-electron chi connectivity index (χ2n) is 8.71. The predicted octanol–water partition coefficient (Wildman–Crippen LogP) is 2.26. The summed E-state index contributed by atoms with van der Waals surface area (Å²) in [6, 6.07) is 10.9. The number of hydrogen-bond acceptors (Lipinski definition) is 5. The van der Waals surface area contributed by atoms with Crippen molar-refractivity contribution in [3.8, 4) is 11.3 Å². The van der Waals surface area contributed by atoms with E-state index in [1.165, 1.54) is 0 Å². The molecule has 1 fully saturated rings. The quantitative estimate of drug-likeness (QED) is 0.446. The van der Waals surface area contributed by atoms with Gasteiger partial charge in [-0.1, -0.05) is 12.1 Å². The van der Waals surface area contributed by atoms with Gasteiger partial charge in [0.05, 0.1) is 35.1 Å². The number of aromatic amines is 1. The fourth-order valence-electron chi connectivity index (χ4n) is 4.63. The molecule has 1 aliphatic rings. The van der Waals surface area contributed by atoms with Crippen molar-refractivity contribution < 1.29 is 15.0 Å². The maximum Gasteiger partial charge on any atom is 0.280 e. The van der Waals surface area contributed by atoms with Gasteiger partial charge >= 0.3 is 0 Å². The van der Waals surface area contributed by atoms with E-state index in [4.69, 9.17) is 0 Å². The summed E-state index contributed by atoms with van der Waals surface area (Å²) in [4.78, 5) is 25.5. The van der Waals surface area contributed by atoms with Crippen molar-refractivity contribution in [1.29, 1.82) is 0 Å². The Balaban J connectivity index is 1.60. The van der Waals surface area contributed by atoms with Crippen LogP contribution in [0, 0.1) is 6.92 Å². The SMILES string of the molecule is Cc1cc(C(=O)/N=c2\[nH]c3ccccc3n2[C@H]2C[C@H](O)C[C@H](O)C2)cc(-c2cnn(C)c2)n1. The normalized spacial score (nSPS) is 21.6. The molecule has 1 saturated carbocycles. The number of aliphatic hydroxyl groups is 2. The van der Waals surface area contributed by atoms with E-state index in [-0.39, 0.29) is 6.04 Å². The van der Waals surface area contributed by atoms with Gasteiger partial charge in [0.15, 0.2) is 0 Å². The zero-order chi connectivity index (χ0) is 23.1. The van der Waals surface area contributed by atoms with Crippen LogP contribution in [0.15, 0.2) is 53.8 Å². The molecule has 170 valence electrons. The van der Waals surface area contributed by atoms with Crippen molar-refractivity contribution >= 4 is 16.9 Å². The number of imidazole rings is 1. The molecule has 5 rings (SSSR count). The van der Waals surface area contributed by atoms with Crippen LogP contribution in [0.3, 0.4) is 0 Å². The van der Waals surface area contributed by atoms with Gasteiger partial charge in [-0.15, -0.1) is 0 Å². The lowest BCUT2D eigenvalue weighted by molar-refractivity contribution is 0.0176. The lowest BCUT2D eigenvalue weighted by Crippen LogP contribution is -2.35. The van der Waals surface area contributed by atoms with E-state index in [2.05, 4.69) is 20.1 Å².